The molecule has 90 valence electrons. The van der Waals surface area contributed by atoms with E-state index in [0.717, 1.165) is 12.2 Å². The molecule has 1 fully saturated rings. The number of ether oxygens (including phenoxy) is 1. The van der Waals surface area contributed by atoms with Crippen LogP contribution in [0.5, 0.6) is 5.75 Å². The van der Waals surface area contributed by atoms with E-state index in [1.165, 1.54) is 12.8 Å². The zero-order valence-corrected chi connectivity index (χ0v) is 10.0. The van der Waals surface area contributed by atoms with Crippen molar-refractivity contribution in [2.24, 2.45) is 0 Å². The third kappa shape index (κ3) is 2.44. The Morgan fingerprint density at radius 2 is 2.29 bits per heavy atom. The molecular formula is C13H17N3O. The summed E-state index contributed by atoms with van der Waals surface area (Å²) in [7, 11) is 1.62. The van der Waals surface area contributed by atoms with Gasteiger partial charge in [0.15, 0.2) is 0 Å². The van der Waals surface area contributed by atoms with Gasteiger partial charge in [-0.05, 0) is 25.0 Å². The number of nitriles is 1. The third-order valence-electron chi connectivity index (χ3n) is 3.02. The summed E-state index contributed by atoms with van der Waals surface area (Å²) >= 11 is 0. The van der Waals surface area contributed by atoms with Gasteiger partial charge in [-0.2, -0.15) is 5.26 Å². The van der Waals surface area contributed by atoms with Gasteiger partial charge in [-0.1, -0.05) is 6.07 Å². The minimum Gasteiger partial charge on any atom is -0.495 e. The summed E-state index contributed by atoms with van der Waals surface area (Å²) in [4.78, 5) is 2.22. The van der Waals surface area contributed by atoms with Gasteiger partial charge in [0.05, 0.1) is 31.0 Å². The van der Waals surface area contributed by atoms with Crippen LogP contribution in [0.4, 0.5) is 11.4 Å². The smallest absolute Gasteiger partial charge is 0.143 e. The number of methoxy groups -OCH3 is 1. The van der Waals surface area contributed by atoms with Crippen molar-refractivity contribution >= 4 is 11.4 Å². The van der Waals surface area contributed by atoms with E-state index >= 15 is 0 Å². The number of anilines is 2. The van der Waals surface area contributed by atoms with Crippen LogP contribution < -0.4 is 15.4 Å². The first kappa shape index (κ1) is 11.6. The monoisotopic (exact) mass is 231 g/mol. The largest absolute Gasteiger partial charge is 0.495 e. The van der Waals surface area contributed by atoms with Gasteiger partial charge < -0.3 is 15.4 Å². The molecule has 1 aliphatic rings. The molecule has 1 aromatic carbocycles. The van der Waals surface area contributed by atoms with Crippen molar-refractivity contribution in [1.29, 1.82) is 5.26 Å². The number of hydrogen-bond donors (Lipinski definition) is 1. The van der Waals surface area contributed by atoms with E-state index in [4.69, 9.17) is 15.7 Å². The van der Waals surface area contributed by atoms with Gasteiger partial charge in [0.2, 0.25) is 0 Å². The molecule has 0 spiro atoms. The molecule has 0 saturated heterocycles. The molecule has 1 aliphatic carbocycles. The van der Waals surface area contributed by atoms with Gasteiger partial charge >= 0.3 is 0 Å². The highest BCUT2D eigenvalue weighted by atomic mass is 16.5. The molecule has 0 atom stereocenters. The minimum atomic E-state index is 0.521. The fourth-order valence-corrected chi connectivity index (χ4v) is 2.02. The first-order valence-electron chi connectivity index (χ1n) is 5.84. The summed E-state index contributed by atoms with van der Waals surface area (Å²) in [6, 6.07) is 8.51. The number of rotatable bonds is 5. The van der Waals surface area contributed by atoms with Crippen molar-refractivity contribution < 1.29 is 4.74 Å². The lowest BCUT2D eigenvalue weighted by Crippen LogP contribution is -2.27. The number of nitrogens with zero attached hydrogens (tertiary/aromatic N) is 2. The number of para-hydroxylation sites is 1. The molecule has 0 unspecified atom stereocenters. The van der Waals surface area contributed by atoms with E-state index < -0.39 is 0 Å². The van der Waals surface area contributed by atoms with Crippen LogP contribution in [0.25, 0.3) is 0 Å². The van der Waals surface area contributed by atoms with Crippen molar-refractivity contribution in [3.05, 3.63) is 18.2 Å². The van der Waals surface area contributed by atoms with Crippen molar-refractivity contribution in [2.75, 3.05) is 24.3 Å². The number of nitrogen functional groups attached to an aromatic ring is 1. The van der Waals surface area contributed by atoms with Crippen LogP contribution in [0.1, 0.15) is 19.3 Å². The average Bonchev–Trinajstić information content (AvgIpc) is 3.16. The molecule has 0 aromatic heterocycles. The number of hydrogen-bond acceptors (Lipinski definition) is 4. The summed E-state index contributed by atoms with van der Waals surface area (Å²) in [6.45, 7) is 0.735. The summed E-state index contributed by atoms with van der Waals surface area (Å²) in [5, 5.41) is 8.70. The number of nitrogens with two attached hydrogens (primary N) is 1. The van der Waals surface area contributed by atoms with Crippen molar-refractivity contribution in [2.45, 2.75) is 25.3 Å². The zero-order valence-electron chi connectivity index (χ0n) is 10.0. The third-order valence-corrected chi connectivity index (χ3v) is 3.02. The van der Waals surface area contributed by atoms with Gasteiger partial charge in [0, 0.05) is 12.6 Å². The van der Waals surface area contributed by atoms with E-state index in [9.17, 15) is 0 Å². The van der Waals surface area contributed by atoms with Gasteiger partial charge in [-0.3, -0.25) is 0 Å². The molecule has 0 radical (unpaired) electrons. The van der Waals surface area contributed by atoms with Crippen LogP contribution in [0.2, 0.25) is 0 Å². The lowest BCUT2D eigenvalue weighted by Gasteiger charge is -2.25. The Morgan fingerprint density at radius 3 is 2.88 bits per heavy atom. The Kier molecular flexibility index (Phi) is 3.38. The van der Waals surface area contributed by atoms with Gasteiger partial charge in [0.25, 0.3) is 0 Å². The molecule has 17 heavy (non-hydrogen) atoms. The predicted molar refractivity (Wildman–Crippen MR) is 68.0 cm³/mol. The molecule has 4 heteroatoms. The standard InChI is InChI=1S/C13H17N3O/c1-17-12-5-2-4-11(13(12)15)16(9-3-8-14)10-6-7-10/h2,4-5,10H,3,6-7,9,15H2,1H3. The Morgan fingerprint density at radius 1 is 1.53 bits per heavy atom. The Balaban J connectivity index is 2.26. The summed E-state index contributed by atoms with van der Waals surface area (Å²) in [5.41, 5.74) is 7.74. The second kappa shape index (κ2) is 4.96. The lowest BCUT2D eigenvalue weighted by molar-refractivity contribution is 0.417. The lowest BCUT2D eigenvalue weighted by atomic mass is 10.2. The fourth-order valence-electron chi connectivity index (χ4n) is 2.02. The van der Waals surface area contributed by atoms with E-state index in [1.54, 1.807) is 7.11 Å². The molecular weight excluding hydrogens is 214 g/mol. The minimum absolute atomic E-state index is 0.521. The first-order chi connectivity index (χ1) is 8.27. The van der Waals surface area contributed by atoms with Crippen molar-refractivity contribution in [3.8, 4) is 11.8 Å². The highest BCUT2D eigenvalue weighted by molar-refractivity contribution is 5.74. The number of benzene rings is 1. The van der Waals surface area contributed by atoms with Crippen molar-refractivity contribution in [1.82, 2.24) is 0 Å². The molecule has 2 rings (SSSR count). The summed E-state index contributed by atoms with van der Waals surface area (Å²) < 4.78 is 5.22. The first-order valence-corrected chi connectivity index (χ1v) is 5.84. The molecule has 0 amide bonds. The SMILES string of the molecule is COc1cccc(N(CCC#N)C2CC2)c1N. The molecule has 0 aliphatic heterocycles. The fraction of sp³-hybridized carbons (Fsp3) is 0.462. The van der Waals surface area contributed by atoms with Crippen LogP contribution >= 0.6 is 0 Å². The van der Waals surface area contributed by atoms with Crippen molar-refractivity contribution in [3.63, 3.8) is 0 Å². The van der Waals surface area contributed by atoms with E-state index in [2.05, 4.69) is 11.0 Å². The highest BCUT2D eigenvalue weighted by Crippen LogP contribution is 2.38. The summed E-state index contributed by atoms with van der Waals surface area (Å²) in [5.74, 6) is 0.699. The normalized spacial score (nSPS) is 14.1. The molecule has 1 saturated carbocycles. The van der Waals surface area contributed by atoms with Gasteiger partial charge in [0.1, 0.15) is 5.75 Å². The maximum Gasteiger partial charge on any atom is 0.143 e. The molecule has 1 aromatic rings. The Bertz CT molecular complexity index is 435. The summed E-state index contributed by atoms with van der Waals surface area (Å²) in [6.07, 6.45) is 2.89. The topological polar surface area (TPSA) is 62.3 Å². The Hall–Kier alpha value is -1.89. The van der Waals surface area contributed by atoms with E-state index in [1.807, 2.05) is 18.2 Å². The second-order valence-electron chi connectivity index (χ2n) is 4.23. The Labute approximate surface area is 102 Å². The van der Waals surface area contributed by atoms with Crippen LogP contribution in [0, 0.1) is 11.3 Å². The maximum atomic E-state index is 8.70. The van der Waals surface area contributed by atoms with Crippen LogP contribution in [0.3, 0.4) is 0 Å². The second-order valence-corrected chi connectivity index (χ2v) is 4.23. The predicted octanol–water partition coefficient (Wildman–Crippen LogP) is 2.16. The molecule has 0 bridgehead atoms. The van der Waals surface area contributed by atoms with E-state index in [-0.39, 0.29) is 0 Å². The molecule has 2 N–H and O–H groups in total. The quantitative estimate of drug-likeness (QED) is 0.789. The molecule has 0 heterocycles. The van der Waals surface area contributed by atoms with E-state index in [0.29, 0.717) is 23.9 Å². The van der Waals surface area contributed by atoms with Gasteiger partial charge in [-0.15, -0.1) is 0 Å². The van der Waals surface area contributed by atoms with Crippen LogP contribution in [-0.2, 0) is 0 Å². The van der Waals surface area contributed by atoms with Crippen LogP contribution in [0.15, 0.2) is 18.2 Å². The average molecular weight is 231 g/mol. The van der Waals surface area contributed by atoms with Crippen LogP contribution in [-0.4, -0.2) is 19.7 Å². The highest BCUT2D eigenvalue weighted by Gasteiger charge is 2.30. The maximum absolute atomic E-state index is 8.70. The molecule has 4 nitrogen and oxygen atoms in total. The zero-order chi connectivity index (χ0) is 12.3. The van der Waals surface area contributed by atoms with Gasteiger partial charge in [-0.25, -0.2) is 0 Å².